The number of rotatable bonds is 3. The number of amides is 1. The second kappa shape index (κ2) is 5.14. The molecule has 20 heavy (non-hydrogen) atoms. The molecule has 0 aromatic carbocycles. The van der Waals surface area contributed by atoms with Gasteiger partial charge in [-0.3, -0.25) is 9.78 Å². The second-order valence-electron chi connectivity index (χ2n) is 5.18. The molecule has 1 saturated heterocycles. The van der Waals surface area contributed by atoms with Gasteiger partial charge in [-0.05, 0) is 25.0 Å². The molecule has 1 aromatic rings. The van der Waals surface area contributed by atoms with E-state index in [1.165, 1.54) is 10.5 Å². The van der Waals surface area contributed by atoms with Gasteiger partial charge in [0.2, 0.25) is 10.0 Å². The predicted octanol–water partition coefficient (Wildman–Crippen LogP) is 0.332. The topological polar surface area (TPSA) is 70.6 Å². The minimum Gasteiger partial charge on any atom is -0.336 e. The molecule has 7 heteroatoms. The molecule has 108 valence electrons. The molecule has 0 atom stereocenters. The second-order valence-corrected chi connectivity index (χ2v) is 7.39. The van der Waals surface area contributed by atoms with Crippen molar-refractivity contribution < 1.29 is 13.2 Å². The molecule has 1 aliphatic carbocycles. The van der Waals surface area contributed by atoms with Gasteiger partial charge in [0, 0.05) is 38.6 Å². The fourth-order valence-corrected chi connectivity index (χ4v) is 4.22. The number of hydrogen-bond donors (Lipinski definition) is 0. The molecule has 6 nitrogen and oxygen atoms in total. The zero-order valence-corrected chi connectivity index (χ0v) is 11.9. The van der Waals surface area contributed by atoms with E-state index < -0.39 is 10.0 Å². The minimum atomic E-state index is -3.12. The SMILES string of the molecule is O=C(c1cccnc1)N1CCN(S(=O)(=O)C2CC2)CC1. The lowest BCUT2D eigenvalue weighted by Crippen LogP contribution is -2.51. The van der Waals surface area contributed by atoms with Crippen LogP contribution < -0.4 is 0 Å². The molecule has 0 N–H and O–H groups in total. The van der Waals surface area contributed by atoms with E-state index in [9.17, 15) is 13.2 Å². The van der Waals surface area contributed by atoms with Crippen LogP contribution in [0, 0.1) is 0 Å². The lowest BCUT2D eigenvalue weighted by molar-refractivity contribution is 0.0697. The third-order valence-electron chi connectivity index (χ3n) is 3.74. The molecular weight excluding hydrogens is 278 g/mol. The summed E-state index contributed by atoms with van der Waals surface area (Å²) < 4.78 is 25.7. The lowest BCUT2D eigenvalue weighted by Gasteiger charge is -2.34. The monoisotopic (exact) mass is 295 g/mol. The molecule has 1 saturated carbocycles. The first-order valence-electron chi connectivity index (χ1n) is 6.77. The first-order chi connectivity index (χ1) is 9.59. The van der Waals surface area contributed by atoms with Crippen molar-refractivity contribution in [2.45, 2.75) is 18.1 Å². The van der Waals surface area contributed by atoms with Gasteiger partial charge < -0.3 is 4.90 Å². The van der Waals surface area contributed by atoms with Crippen LogP contribution in [0.4, 0.5) is 0 Å². The Morgan fingerprint density at radius 3 is 2.45 bits per heavy atom. The molecule has 2 fully saturated rings. The van der Waals surface area contributed by atoms with E-state index in [1.807, 2.05) is 0 Å². The van der Waals surface area contributed by atoms with Gasteiger partial charge in [-0.25, -0.2) is 8.42 Å². The number of sulfonamides is 1. The number of pyridine rings is 1. The highest BCUT2D eigenvalue weighted by molar-refractivity contribution is 7.90. The normalized spacial score (nSPS) is 20.9. The van der Waals surface area contributed by atoms with Crippen LogP contribution in [0.5, 0.6) is 0 Å². The van der Waals surface area contributed by atoms with E-state index in [2.05, 4.69) is 4.98 Å². The third kappa shape index (κ3) is 2.55. The molecule has 0 unspecified atom stereocenters. The van der Waals surface area contributed by atoms with Crippen LogP contribution in [0.15, 0.2) is 24.5 Å². The average Bonchev–Trinajstić information content (AvgIpc) is 3.33. The van der Waals surface area contributed by atoms with Crippen LogP contribution in [0.2, 0.25) is 0 Å². The highest BCUT2D eigenvalue weighted by atomic mass is 32.2. The van der Waals surface area contributed by atoms with Crippen molar-refractivity contribution >= 4 is 15.9 Å². The zero-order chi connectivity index (χ0) is 14.2. The van der Waals surface area contributed by atoms with Crippen molar-refractivity contribution in [3.8, 4) is 0 Å². The van der Waals surface area contributed by atoms with Crippen LogP contribution in [0.3, 0.4) is 0 Å². The van der Waals surface area contributed by atoms with Crippen molar-refractivity contribution in [1.82, 2.24) is 14.2 Å². The van der Waals surface area contributed by atoms with E-state index in [1.54, 1.807) is 23.2 Å². The molecule has 0 spiro atoms. The molecule has 1 amide bonds. The van der Waals surface area contributed by atoms with Crippen LogP contribution in [0.1, 0.15) is 23.2 Å². The molecule has 1 aliphatic heterocycles. The third-order valence-corrected chi connectivity index (χ3v) is 6.14. The number of aromatic nitrogens is 1. The van der Waals surface area contributed by atoms with Crippen LogP contribution >= 0.6 is 0 Å². The Balaban J connectivity index is 1.63. The molecular formula is C13H17N3O3S. The number of carbonyl (C=O) groups excluding carboxylic acids is 1. The molecule has 2 heterocycles. The summed E-state index contributed by atoms with van der Waals surface area (Å²) in [6.07, 6.45) is 4.71. The highest BCUT2D eigenvalue weighted by Crippen LogP contribution is 2.31. The number of hydrogen-bond acceptors (Lipinski definition) is 4. The smallest absolute Gasteiger partial charge is 0.255 e. The standard InChI is InChI=1S/C13H17N3O3S/c17-13(11-2-1-5-14-10-11)15-6-8-16(9-7-15)20(18,19)12-3-4-12/h1-2,5,10,12H,3-4,6-9H2. The van der Waals surface area contributed by atoms with Gasteiger partial charge in [0.05, 0.1) is 10.8 Å². The summed E-state index contributed by atoms with van der Waals surface area (Å²) >= 11 is 0. The summed E-state index contributed by atoms with van der Waals surface area (Å²) in [5.41, 5.74) is 0.547. The van der Waals surface area contributed by atoms with Gasteiger partial charge in [-0.15, -0.1) is 0 Å². The maximum absolute atomic E-state index is 12.2. The van der Waals surface area contributed by atoms with Gasteiger partial charge >= 0.3 is 0 Å². The summed E-state index contributed by atoms with van der Waals surface area (Å²) in [6.45, 7) is 1.68. The molecule has 2 aliphatic rings. The number of carbonyl (C=O) groups is 1. The Hall–Kier alpha value is -1.47. The fraction of sp³-hybridized carbons (Fsp3) is 0.538. The predicted molar refractivity (Wildman–Crippen MR) is 73.7 cm³/mol. The summed E-state index contributed by atoms with van der Waals surface area (Å²) in [4.78, 5) is 17.8. The minimum absolute atomic E-state index is 0.0819. The van der Waals surface area contributed by atoms with Gasteiger partial charge in [-0.1, -0.05) is 0 Å². The van der Waals surface area contributed by atoms with E-state index in [0.29, 0.717) is 31.7 Å². The van der Waals surface area contributed by atoms with Gasteiger partial charge in [0.15, 0.2) is 0 Å². The average molecular weight is 295 g/mol. The molecule has 0 radical (unpaired) electrons. The highest BCUT2D eigenvalue weighted by Gasteiger charge is 2.41. The van der Waals surface area contributed by atoms with Crippen molar-refractivity contribution in [1.29, 1.82) is 0 Å². The number of piperazine rings is 1. The van der Waals surface area contributed by atoms with Gasteiger partial charge in [0.1, 0.15) is 0 Å². The Bertz CT molecular complexity index is 591. The van der Waals surface area contributed by atoms with Crippen molar-refractivity contribution in [3.63, 3.8) is 0 Å². The van der Waals surface area contributed by atoms with Crippen molar-refractivity contribution in [3.05, 3.63) is 30.1 Å². The van der Waals surface area contributed by atoms with Crippen LogP contribution in [0.25, 0.3) is 0 Å². The Morgan fingerprint density at radius 1 is 1.20 bits per heavy atom. The van der Waals surface area contributed by atoms with Gasteiger partial charge in [-0.2, -0.15) is 4.31 Å². The zero-order valence-electron chi connectivity index (χ0n) is 11.1. The summed E-state index contributed by atoms with van der Waals surface area (Å²) in [7, 11) is -3.12. The van der Waals surface area contributed by atoms with E-state index in [4.69, 9.17) is 0 Å². The van der Waals surface area contributed by atoms with Crippen LogP contribution in [-0.4, -0.2) is 59.9 Å². The quantitative estimate of drug-likeness (QED) is 0.806. The van der Waals surface area contributed by atoms with Gasteiger partial charge in [0.25, 0.3) is 5.91 Å². The Kier molecular flexibility index (Phi) is 3.47. The summed E-state index contributed by atoms with van der Waals surface area (Å²) in [5, 5.41) is -0.178. The first kappa shape index (κ1) is 13.5. The summed E-state index contributed by atoms with van der Waals surface area (Å²) in [6, 6.07) is 3.45. The van der Waals surface area contributed by atoms with E-state index in [0.717, 1.165) is 12.8 Å². The lowest BCUT2D eigenvalue weighted by atomic mass is 10.2. The maximum Gasteiger partial charge on any atom is 0.255 e. The molecule has 0 bridgehead atoms. The first-order valence-corrected chi connectivity index (χ1v) is 8.27. The summed E-state index contributed by atoms with van der Waals surface area (Å²) in [5.74, 6) is -0.0819. The molecule has 1 aromatic heterocycles. The van der Waals surface area contributed by atoms with Crippen molar-refractivity contribution in [2.24, 2.45) is 0 Å². The Labute approximate surface area is 118 Å². The van der Waals surface area contributed by atoms with E-state index in [-0.39, 0.29) is 11.2 Å². The molecule has 3 rings (SSSR count). The van der Waals surface area contributed by atoms with Crippen molar-refractivity contribution in [2.75, 3.05) is 26.2 Å². The Morgan fingerprint density at radius 2 is 1.90 bits per heavy atom. The fourth-order valence-electron chi connectivity index (χ4n) is 2.39. The van der Waals surface area contributed by atoms with E-state index >= 15 is 0 Å². The maximum atomic E-state index is 12.2. The largest absolute Gasteiger partial charge is 0.336 e. The van der Waals surface area contributed by atoms with Crippen LogP contribution in [-0.2, 0) is 10.0 Å². The number of nitrogens with zero attached hydrogens (tertiary/aromatic N) is 3.